The third-order valence-electron chi connectivity index (χ3n) is 2.97. The van der Waals surface area contributed by atoms with E-state index in [4.69, 9.17) is 16.6 Å². The number of nitrogens with zero attached hydrogens (tertiary/aromatic N) is 3. The molecule has 0 unspecified atom stereocenters. The molecule has 1 aromatic carbocycles. The molecule has 0 saturated carbocycles. The number of hydrogen-bond acceptors (Lipinski definition) is 5. The molecule has 0 aliphatic carbocycles. The number of carboxylic acid groups (broad SMARTS) is 1. The summed E-state index contributed by atoms with van der Waals surface area (Å²) in [4.78, 5) is 22.2. The molecule has 8 nitrogen and oxygen atoms in total. The van der Waals surface area contributed by atoms with E-state index in [2.05, 4.69) is 10.3 Å². The van der Waals surface area contributed by atoms with Crippen LogP contribution in [-0.4, -0.2) is 38.5 Å². The molecule has 1 aromatic heterocycles. The number of carbonyl (C=O) groups excluding carboxylic acids is 1. The van der Waals surface area contributed by atoms with Gasteiger partial charge in [0, 0.05) is 12.0 Å². The van der Waals surface area contributed by atoms with Gasteiger partial charge in [-0.2, -0.15) is 0 Å². The molecular weight excluding hydrogens is 274 g/mol. The molecule has 5 N–H and O–H groups in total. The molecule has 1 amide bonds. The van der Waals surface area contributed by atoms with Gasteiger partial charge in [0.05, 0.1) is 12.2 Å². The van der Waals surface area contributed by atoms with Gasteiger partial charge in [-0.1, -0.05) is 17.3 Å². The van der Waals surface area contributed by atoms with Gasteiger partial charge in [0.2, 0.25) is 5.91 Å². The van der Waals surface area contributed by atoms with Crippen LogP contribution in [0.15, 0.2) is 24.3 Å². The van der Waals surface area contributed by atoms with Crippen LogP contribution < -0.4 is 11.5 Å². The average molecular weight is 289 g/mol. The van der Waals surface area contributed by atoms with Crippen molar-refractivity contribution < 1.29 is 14.7 Å². The molecule has 0 aliphatic heterocycles. The first-order valence-corrected chi connectivity index (χ1v) is 6.27. The standard InChI is InChI=1S/C13H15N5O3/c14-5-4-10-11(13(20)21)16-17-18(10)7-8-2-1-3-9(6-8)12(15)19/h1-3,6H,4-5,7,14H2,(H2,15,19)(H,20,21). The van der Waals surface area contributed by atoms with E-state index < -0.39 is 11.9 Å². The molecule has 0 radical (unpaired) electrons. The molecule has 0 bridgehead atoms. The lowest BCUT2D eigenvalue weighted by atomic mass is 10.1. The zero-order chi connectivity index (χ0) is 15.4. The summed E-state index contributed by atoms with van der Waals surface area (Å²) in [7, 11) is 0. The van der Waals surface area contributed by atoms with Crippen molar-refractivity contribution in [3.63, 3.8) is 0 Å². The number of nitrogens with two attached hydrogens (primary N) is 2. The summed E-state index contributed by atoms with van der Waals surface area (Å²) in [6, 6.07) is 6.74. The molecule has 2 aromatic rings. The Balaban J connectivity index is 2.33. The normalized spacial score (nSPS) is 10.5. The van der Waals surface area contributed by atoms with Gasteiger partial charge in [0.15, 0.2) is 5.69 Å². The minimum Gasteiger partial charge on any atom is -0.476 e. The Morgan fingerprint density at radius 1 is 1.33 bits per heavy atom. The van der Waals surface area contributed by atoms with E-state index >= 15 is 0 Å². The maximum Gasteiger partial charge on any atom is 0.358 e. The fraction of sp³-hybridized carbons (Fsp3) is 0.231. The molecule has 21 heavy (non-hydrogen) atoms. The lowest BCUT2D eigenvalue weighted by Gasteiger charge is -2.07. The van der Waals surface area contributed by atoms with E-state index in [0.717, 1.165) is 5.56 Å². The van der Waals surface area contributed by atoms with Crippen LogP contribution in [0.2, 0.25) is 0 Å². The molecule has 0 atom stereocenters. The summed E-state index contributed by atoms with van der Waals surface area (Å²) in [6.07, 6.45) is 0.351. The SMILES string of the molecule is NCCc1c(C(=O)O)nnn1Cc1cccc(C(N)=O)c1. The minimum atomic E-state index is -1.14. The second-order valence-electron chi connectivity index (χ2n) is 4.45. The van der Waals surface area contributed by atoms with Crippen molar-refractivity contribution in [1.29, 1.82) is 0 Å². The highest BCUT2D eigenvalue weighted by molar-refractivity contribution is 5.92. The molecule has 1 heterocycles. The molecular formula is C13H15N5O3. The maximum absolute atomic E-state index is 11.2. The Labute approximate surface area is 120 Å². The highest BCUT2D eigenvalue weighted by Crippen LogP contribution is 2.11. The molecule has 110 valence electrons. The van der Waals surface area contributed by atoms with Crippen LogP contribution in [0, 0.1) is 0 Å². The monoisotopic (exact) mass is 289 g/mol. The van der Waals surface area contributed by atoms with E-state index in [0.29, 0.717) is 17.7 Å². The molecule has 8 heteroatoms. The molecule has 0 aliphatic rings. The van der Waals surface area contributed by atoms with Gasteiger partial charge in [0.1, 0.15) is 0 Å². The van der Waals surface area contributed by atoms with Crippen LogP contribution in [0.25, 0.3) is 0 Å². The van der Waals surface area contributed by atoms with Crippen molar-refractivity contribution in [1.82, 2.24) is 15.0 Å². The first kappa shape index (κ1) is 14.7. The van der Waals surface area contributed by atoms with Gasteiger partial charge in [-0.3, -0.25) is 4.79 Å². The molecule has 0 fully saturated rings. The number of primary amides is 1. The first-order chi connectivity index (χ1) is 10.0. The van der Waals surface area contributed by atoms with Gasteiger partial charge in [-0.25, -0.2) is 9.48 Å². The Morgan fingerprint density at radius 3 is 2.71 bits per heavy atom. The van der Waals surface area contributed by atoms with Crippen molar-refractivity contribution in [2.75, 3.05) is 6.54 Å². The Hall–Kier alpha value is -2.74. The highest BCUT2D eigenvalue weighted by Gasteiger charge is 2.18. The first-order valence-electron chi connectivity index (χ1n) is 6.27. The highest BCUT2D eigenvalue weighted by atomic mass is 16.4. The van der Waals surface area contributed by atoms with Crippen LogP contribution in [0.5, 0.6) is 0 Å². The number of rotatable bonds is 6. The lowest BCUT2D eigenvalue weighted by Crippen LogP contribution is -2.15. The number of aromatic nitrogens is 3. The maximum atomic E-state index is 11.2. The van der Waals surface area contributed by atoms with Crippen LogP contribution in [0.3, 0.4) is 0 Å². The van der Waals surface area contributed by atoms with E-state index in [9.17, 15) is 9.59 Å². The zero-order valence-corrected chi connectivity index (χ0v) is 11.2. The zero-order valence-electron chi connectivity index (χ0n) is 11.2. The van der Waals surface area contributed by atoms with E-state index in [1.165, 1.54) is 4.68 Å². The predicted molar refractivity (Wildman–Crippen MR) is 73.8 cm³/mol. The predicted octanol–water partition coefficient (Wildman–Crippen LogP) is -0.375. The van der Waals surface area contributed by atoms with Crippen molar-refractivity contribution in [2.45, 2.75) is 13.0 Å². The Kier molecular flexibility index (Phi) is 4.29. The number of aromatic carboxylic acids is 1. The topological polar surface area (TPSA) is 137 Å². The van der Waals surface area contributed by atoms with E-state index in [1.54, 1.807) is 24.3 Å². The fourth-order valence-electron chi connectivity index (χ4n) is 2.01. The fourth-order valence-corrected chi connectivity index (χ4v) is 2.01. The third-order valence-corrected chi connectivity index (χ3v) is 2.97. The summed E-state index contributed by atoms with van der Waals surface area (Å²) in [5, 5.41) is 16.6. The Morgan fingerprint density at radius 2 is 2.10 bits per heavy atom. The third kappa shape index (κ3) is 3.23. The minimum absolute atomic E-state index is 0.105. The number of hydrogen-bond donors (Lipinski definition) is 3. The van der Waals surface area contributed by atoms with Crippen LogP contribution in [0.1, 0.15) is 32.1 Å². The molecule has 0 saturated heterocycles. The molecule has 2 rings (SSSR count). The van der Waals surface area contributed by atoms with Crippen molar-refractivity contribution in [3.05, 3.63) is 46.8 Å². The van der Waals surface area contributed by atoms with Crippen molar-refractivity contribution in [2.24, 2.45) is 11.5 Å². The number of carboxylic acids is 1. The number of benzene rings is 1. The van der Waals surface area contributed by atoms with Crippen molar-refractivity contribution >= 4 is 11.9 Å². The van der Waals surface area contributed by atoms with Gasteiger partial charge >= 0.3 is 5.97 Å². The number of carbonyl (C=O) groups is 2. The van der Waals surface area contributed by atoms with E-state index in [1.807, 2.05) is 0 Å². The second-order valence-corrected chi connectivity index (χ2v) is 4.45. The number of amides is 1. The van der Waals surface area contributed by atoms with Crippen molar-refractivity contribution in [3.8, 4) is 0 Å². The summed E-state index contributed by atoms with van der Waals surface area (Å²) in [5.41, 5.74) is 12.2. The lowest BCUT2D eigenvalue weighted by molar-refractivity contribution is 0.0689. The van der Waals surface area contributed by atoms with Gasteiger partial charge in [0.25, 0.3) is 0 Å². The van der Waals surface area contributed by atoms with Gasteiger partial charge in [-0.05, 0) is 24.2 Å². The van der Waals surface area contributed by atoms with Gasteiger partial charge < -0.3 is 16.6 Å². The summed E-state index contributed by atoms with van der Waals surface area (Å²) in [6.45, 7) is 0.575. The average Bonchev–Trinajstić information content (AvgIpc) is 2.83. The molecule has 0 spiro atoms. The van der Waals surface area contributed by atoms with E-state index in [-0.39, 0.29) is 18.8 Å². The summed E-state index contributed by atoms with van der Waals surface area (Å²) >= 11 is 0. The summed E-state index contributed by atoms with van der Waals surface area (Å²) in [5.74, 6) is -1.67. The van der Waals surface area contributed by atoms with Crippen LogP contribution >= 0.6 is 0 Å². The smallest absolute Gasteiger partial charge is 0.358 e. The van der Waals surface area contributed by atoms with Gasteiger partial charge in [-0.15, -0.1) is 5.10 Å². The second kappa shape index (κ2) is 6.14. The van der Waals surface area contributed by atoms with Crippen LogP contribution in [-0.2, 0) is 13.0 Å². The van der Waals surface area contributed by atoms with Crippen LogP contribution in [0.4, 0.5) is 0 Å². The Bertz CT molecular complexity index is 680. The quantitative estimate of drug-likeness (QED) is 0.663. The largest absolute Gasteiger partial charge is 0.476 e. The summed E-state index contributed by atoms with van der Waals surface area (Å²) < 4.78 is 1.47.